The molecule has 1 aliphatic heterocycles. The predicted molar refractivity (Wildman–Crippen MR) is 65.9 cm³/mol. The molecule has 0 radical (unpaired) electrons. The number of carbonyl (C=O) groups excluding carboxylic acids is 3. The van der Waals surface area contributed by atoms with Crippen molar-refractivity contribution >= 4 is 29.6 Å². The van der Waals surface area contributed by atoms with Gasteiger partial charge in [0, 0.05) is 12.1 Å². The maximum absolute atomic E-state index is 13.5. The lowest BCUT2D eigenvalue weighted by atomic mass is 10.1. The molecule has 1 unspecified atom stereocenters. The number of rotatable bonds is 4. The number of anilines is 2. The van der Waals surface area contributed by atoms with Gasteiger partial charge >= 0.3 is 0 Å². The molecule has 0 spiro atoms. The summed E-state index contributed by atoms with van der Waals surface area (Å²) < 4.78 is 13.5. The van der Waals surface area contributed by atoms with Gasteiger partial charge in [0.2, 0.25) is 18.2 Å². The van der Waals surface area contributed by atoms with E-state index >= 15 is 0 Å². The van der Waals surface area contributed by atoms with Gasteiger partial charge in [-0.25, -0.2) is 4.39 Å². The van der Waals surface area contributed by atoms with Crippen molar-refractivity contribution < 1.29 is 18.8 Å². The average molecular weight is 265 g/mol. The highest BCUT2D eigenvalue weighted by Gasteiger charge is 2.26. The Morgan fingerprint density at radius 1 is 1.37 bits per heavy atom. The zero-order valence-electron chi connectivity index (χ0n) is 9.90. The van der Waals surface area contributed by atoms with Crippen LogP contribution in [0.1, 0.15) is 12.8 Å². The zero-order valence-corrected chi connectivity index (χ0v) is 9.90. The van der Waals surface area contributed by atoms with E-state index in [0.717, 1.165) is 0 Å². The number of benzene rings is 1. The molecule has 6 nitrogen and oxygen atoms in total. The monoisotopic (exact) mass is 265 g/mol. The summed E-state index contributed by atoms with van der Waals surface area (Å²) in [6.45, 7) is 0. The van der Waals surface area contributed by atoms with Crippen LogP contribution in [0.3, 0.4) is 0 Å². The van der Waals surface area contributed by atoms with Crippen LogP contribution in [0.5, 0.6) is 0 Å². The molecule has 0 bridgehead atoms. The maximum Gasteiger partial charge on any atom is 0.249 e. The molecule has 2 rings (SSSR count). The number of carbonyl (C=O) groups is 3. The van der Waals surface area contributed by atoms with Crippen molar-refractivity contribution in [2.24, 2.45) is 0 Å². The van der Waals surface area contributed by atoms with Crippen LogP contribution >= 0.6 is 0 Å². The Labute approximate surface area is 108 Å². The Morgan fingerprint density at radius 2 is 2.16 bits per heavy atom. The fraction of sp³-hybridized carbons (Fsp3) is 0.250. The van der Waals surface area contributed by atoms with Crippen molar-refractivity contribution in [2.45, 2.75) is 18.9 Å². The summed E-state index contributed by atoms with van der Waals surface area (Å²) in [5.41, 5.74) is 0.465. The maximum atomic E-state index is 13.5. The molecule has 0 aliphatic carbocycles. The number of halogens is 1. The third-order valence-corrected chi connectivity index (χ3v) is 2.76. The van der Waals surface area contributed by atoms with Crippen molar-refractivity contribution in [3.63, 3.8) is 0 Å². The third-order valence-electron chi connectivity index (χ3n) is 2.76. The van der Waals surface area contributed by atoms with Gasteiger partial charge in [0.15, 0.2) is 0 Å². The van der Waals surface area contributed by atoms with E-state index in [-0.39, 0.29) is 18.0 Å². The molecule has 3 N–H and O–H groups in total. The minimum atomic E-state index is -0.607. The smallest absolute Gasteiger partial charge is 0.249 e. The molecule has 19 heavy (non-hydrogen) atoms. The lowest BCUT2D eigenvalue weighted by molar-refractivity contribution is -0.133. The normalized spacial score (nSPS) is 18.7. The van der Waals surface area contributed by atoms with Gasteiger partial charge in [-0.2, -0.15) is 0 Å². The summed E-state index contributed by atoms with van der Waals surface area (Å²) in [5.74, 6) is -1.34. The van der Waals surface area contributed by atoms with E-state index in [1.807, 2.05) is 0 Å². The van der Waals surface area contributed by atoms with Gasteiger partial charge < -0.3 is 10.6 Å². The molecular formula is C12H12FN3O3. The van der Waals surface area contributed by atoms with Crippen LogP contribution in [0.25, 0.3) is 0 Å². The summed E-state index contributed by atoms with van der Waals surface area (Å²) in [6, 6.07) is 3.54. The van der Waals surface area contributed by atoms with Crippen LogP contribution in [0.2, 0.25) is 0 Å². The van der Waals surface area contributed by atoms with E-state index in [4.69, 9.17) is 0 Å². The Bertz CT molecular complexity index is 533. The van der Waals surface area contributed by atoms with E-state index in [1.165, 1.54) is 12.1 Å². The van der Waals surface area contributed by atoms with E-state index < -0.39 is 17.8 Å². The van der Waals surface area contributed by atoms with Gasteiger partial charge in [-0.15, -0.1) is 0 Å². The molecule has 1 aliphatic rings. The first-order valence-electron chi connectivity index (χ1n) is 5.70. The van der Waals surface area contributed by atoms with Gasteiger partial charge in [-0.05, 0) is 24.6 Å². The van der Waals surface area contributed by atoms with Gasteiger partial charge in [-0.1, -0.05) is 0 Å². The van der Waals surface area contributed by atoms with E-state index in [2.05, 4.69) is 16.0 Å². The summed E-state index contributed by atoms with van der Waals surface area (Å²) in [4.78, 5) is 32.7. The molecule has 1 heterocycles. The summed E-state index contributed by atoms with van der Waals surface area (Å²) in [6.07, 6.45) is 0.989. The molecule has 1 saturated heterocycles. The molecule has 1 atom stereocenters. The van der Waals surface area contributed by atoms with Crippen LogP contribution in [0.4, 0.5) is 15.8 Å². The second-order valence-electron chi connectivity index (χ2n) is 4.10. The van der Waals surface area contributed by atoms with Crippen LogP contribution in [0.15, 0.2) is 18.2 Å². The van der Waals surface area contributed by atoms with Crippen molar-refractivity contribution in [3.05, 3.63) is 24.0 Å². The molecular weight excluding hydrogens is 253 g/mol. The second-order valence-corrected chi connectivity index (χ2v) is 4.10. The number of hydrogen-bond donors (Lipinski definition) is 3. The first kappa shape index (κ1) is 13.0. The number of hydrogen-bond acceptors (Lipinski definition) is 4. The van der Waals surface area contributed by atoms with Gasteiger partial charge in [0.1, 0.15) is 11.9 Å². The van der Waals surface area contributed by atoms with Crippen molar-refractivity contribution in [3.8, 4) is 0 Å². The van der Waals surface area contributed by atoms with Crippen molar-refractivity contribution in [1.82, 2.24) is 5.32 Å². The Morgan fingerprint density at radius 3 is 2.79 bits per heavy atom. The summed E-state index contributed by atoms with van der Waals surface area (Å²) >= 11 is 0. The number of piperidine rings is 1. The predicted octanol–water partition coefficient (Wildman–Crippen LogP) is 0.611. The second kappa shape index (κ2) is 5.47. The highest BCUT2D eigenvalue weighted by atomic mass is 19.1. The Balaban J connectivity index is 2.07. The van der Waals surface area contributed by atoms with E-state index in [1.54, 1.807) is 6.07 Å². The summed E-state index contributed by atoms with van der Waals surface area (Å²) in [7, 11) is 0. The van der Waals surface area contributed by atoms with E-state index in [9.17, 15) is 18.8 Å². The third kappa shape index (κ3) is 3.06. The molecule has 7 heteroatoms. The standard InChI is InChI=1S/C12H12FN3O3/c13-8-5-7(1-2-9(8)14-6-17)15-10-3-4-11(18)16-12(10)19/h1-2,5-6,10,15H,3-4H2,(H,14,17)(H,16,18,19). The van der Waals surface area contributed by atoms with E-state index in [0.29, 0.717) is 18.5 Å². The number of nitrogens with one attached hydrogen (secondary N) is 3. The fourth-order valence-corrected chi connectivity index (χ4v) is 1.82. The van der Waals surface area contributed by atoms with Crippen LogP contribution in [0, 0.1) is 5.82 Å². The van der Waals surface area contributed by atoms with Crippen LogP contribution in [-0.2, 0) is 14.4 Å². The van der Waals surface area contributed by atoms with Gasteiger partial charge in [-0.3, -0.25) is 19.7 Å². The van der Waals surface area contributed by atoms with Crippen LogP contribution in [-0.4, -0.2) is 24.3 Å². The largest absolute Gasteiger partial charge is 0.374 e. The fourth-order valence-electron chi connectivity index (χ4n) is 1.82. The number of amides is 3. The highest BCUT2D eigenvalue weighted by molar-refractivity contribution is 6.01. The highest BCUT2D eigenvalue weighted by Crippen LogP contribution is 2.20. The minimum Gasteiger partial charge on any atom is -0.374 e. The minimum absolute atomic E-state index is 0.0591. The van der Waals surface area contributed by atoms with Crippen molar-refractivity contribution in [1.29, 1.82) is 0 Å². The average Bonchev–Trinajstić information content (AvgIpc) is 2.36. The topological polar surface area (TPSA) is 87.3 Å². The summed E-state index contributed by atoms with van der Waals surface area (Å²) in [5, 5.41) is 7.26. The lowest BCUT2D eigenvalue weighted by Crippen LogP contribution is -2.47. The molecule has 1 aromatic carbocycles. The first-order chi connectivity index (χ1) is 9.10. The lowest BCUT2D eigenvalue weighted by Gasteiger charge is -2.22. The Hall–Kier alpha value is -2.44. The number of imide groups is 1. The van der Waals surface area contributed by atoms with Crippen LogP contribution < -0.4 is 16.0 Å². The molecule has 1 aromatic rings. The molecule has 100 valence electrons. The molecule has 1 fully saturated rings. The SMILES string of the molecule is O=CNc1ccc(NC2CCC(=O)NC2=O)cc1F. The Kier molecular flexibility index (Phi) is 3.74. The van der Waals surface area contributed by atoms with Gasteiger partial charge in [0.25, 0.3) is 0 Å². The molecule has 3 amide bonds. The molecule has 0 saturated carbocycles. The molecule has 0 aromatic heterocycles. The quantitative estimate of drug-likeness (QED) is 0.550. The first-order valence-corrected chi connectivity index (χ1v) is 5.70. The zero-order chi connectivity index (χ0) is 13.8. The van der Waals surface area contributed by atoms with Gasteiger partial charge in [0.05, 0.1) is 5.69 Å². The van der Waals surface area contributed by atoms with Crippen molar-refractivity contribution in [2.75, 3.05) is 10.6 Å².